The van der Waals surface area contributed by atoms with Crippen LogP contribution in [0, 0.1) is 17.7 Å². The molecule has 0 aliphatic rings. The number of hydrogen-bond acceptors (Lipinski definition) is 3. The molecule has 0 saturated carbocycles. The Morgan fingerprint density at radius 3 is 2.75 bits per heavy atom. The molecule has 1 N–H and O–H groups in total. The van der Waals surface area contributed by atoms with Crippen LogP contribution in [-0.4, -0.2) is 23.7 Å². The third-order valence-electron chi connectivity index (χ3n) is 2.82. The molecule has 0 aliphatic carbocycles. The van der Waals surface area contributed by atoms with E-state index in [9.17, 15) is 4.39 Å². The maximum Gasteiger partial charge on any atom is 0.138 e. The second-order valence-electron chi connectivity index (χ2n) is 4.58. The van der Waals surface area contributed by atoms with Crippen LogP contribution >= 0.6 is 11.3 Å². The minimum Gasteiger partial charge on any atom is -0.384 e. The minimum atomic E-state index is -0.352. The fraction of sp³-hybridized carbons (Fsp3) is 0.250. The topological polar surface area (TPSA) is 23.5 Å². The number of thiophene rings is 1. The molecule has 2 nitrogen and oxygen atoms in total. The maximum atomic E-state index is 13.5. The Kier molecular flexibility index (Phi) is 5.31. The molecule has 4 heteroatoms. The molecule has 2 aromatic rings. The smallest absolute Gasteiger partial charge is 0.138 e. The van der Waals surface area contributed by atoms with E-state index in [1.54, 1.807) is 23.5 Å². The monoisotopic (exact) mass is 289 g/mol. The summed E-state index contributed by atoms with van der Waals surface area (Å²) in [4.78, 5) is 2.17. The SMILES string of the molecule is CN(Cc1ccsc1)Cc1ccc(F)c(C#CCO)c1. The molecule has 20 heavy (non-hydrogen) atoms. The molecule has 0 radical (unpaired) electrons. The fourth-order valence-corrected chi connectivity index (χ4v) is 2.62. The van der Waals surface area contributed by atoms with Gasteiger partial charge in [0.25, 0.3) is 0 Å². The summed E-state index contributed by atoms with van der Waals surface area (Å²) in [6, 6.07) is 7.03. The molecule has 0 aliphatic heterocycles. The van der Waals surface area contributed by atoms with Gasteiger partial charge in [-0.15, -0.1) is 0 Å². The number of aliphatic hydroxyl groups excluding tert-OH is 1. The van der Waals surface area contributed by atoms with E-state index in [0.717, 1.165) is 18.7 Å². The van der Waals surface area contributed by atoms with Crippen molar-refractivity contribution in [3.05, 3.63) is 57.5 Å². The number of benzene rings is 1. The molecular weight excluding hydrogens is 273 g/mol. The van der Waals surface area contributed by atoms with E-state index in [2.05, 4.69) is 33.6 Å². The highest BCUT2D eigenvalue weighted by Gasteiger charge is 2.05. The summed E-state index contributed by atoms with van der Waals surface area (Å²) in [6.07, 6.45) is 0. The average Bonchev–Trinajstić information content (AvgIpc) is 2.92. The van der Waals surface area contributed by atoms with E-state index in [1.165, 1.54) is 11.6 Å². The Hall–Kier alpha value is -1.67. The van der Waals surface area contributed by atoms with Crippen LogP contribution in [0.25, 0.3) is 0 Å². The Balaban J connectivity index is 2.05. The zero-order valence-corrected chi connectivity index (χ0v) is 12.1. The van der Waals surface area contributed by atoms with Gasteiger partial charge in [0.2, 0.25) is 0 Å². The van der Waals surface area contributed by atoms with Crippen molar-refractivity contribution in [2.45, 2.75) is 13.1 Å². The van der Waals surface area contributed by atoms with Gasteiger partial charge in [-0.25, -0.2) is 4.39 Å². The zero-order chi connectivity index (χ0) is 14.4. The largest absolute Gasteiger partial charge is 0.384 e. The van der Waals surface area contributed by atoms with Crippen LogP contribution < -0.4 is 0 Å². The Morgan fingerprint density at radius 2 is 2.05 bits per heavy atom. The van der Waals surface area contributed by atoms with E-state index in [-0.39, 0.29) is 12.4 Å². The van der Waals surface area contributed by atoms with Crippen LogP contribution in [0.4, 0.5) is 4.39 Å². The second kappa shape index (κ2) is 7.20. The Labute approximate surface area is 122 Å². The van der Waals surface area contributed by atoms with Crippen molar-refractivity contribution < 1.29 is 9.50 Å². The van der Waals surface area contributed by atoms with Gasteiger partial charge >= 0.3 is 0 Å². The van der Waals surface area contributed by atoms with Crippen LogP contribution in [-0.2, 0) is 13.1 Å². The third kappa shape index (κ3) is 4.17. The van der Waals surface area contributed by atoms with Gasteiger partial charge in [-0.2, -0.15) is 11.3 Å². The first kappa shape index (κ1) is 14.7. The standard InChI is InChI=1S/C16H16FNOS/c1-18(11-14-6-8-20-12-14)10-13-4-5-16(17)15(9-13)3-2-7-19/h4-6,8-9,12,19H,7,10-11H2,1H3. The number of halogens is 1. The molecular formula is C16H16FNOS. The Bertz CT molecular complexity index is 613. The van der Waals surface area contributed by atoms with Crippen molar-refractivity contribution in [3.8, 4) is 11.8 Å². The molecule has 104 valence electrons. The van der Waals surface area contributed by atoms with E-state index in [0.29, 0.717) is 5.56 Å². The predicted octanol–water partition coefficient (Wildman–Crippen LogP) is 2.86. The number of aliphatic hydroxyl groups is 1. The van der Waals surface area contributed by atoms with Gasteiger partial charge in [-0.3, -0.25) is 4.90 Å². The summed E-state index contributed by atoms with van der Waals surface area (Å²) in [7, 11) is 2.03. The molecule has 0 amide bonds. The van der Waals surface area contributed by atoms with E-state index in [4.69, 9.17) is 5.11 Å². The summed E-state index contributed by atoms with van der Waals surface area (Å²) < 4.78 is 13.5. The van der Waals surface area contributed by atoms with Crippen molar-refractivity contribution in [2.75, 3.05) is 13.7 Å². The van der Waals surface area contributed by atoms with Crippen LogP contribution in [0.1, 0.15) is 16.7 Å². The predicted molar refractivity (Wildman–Crippen MR) is 79.9 cm³/mol. The third-order valence-corrected chi connectivity index (χ3v) is 3.55. The molecule has 0 spiro atoms. The highest BCUT2D eigenvalue weighted by Crippen LogP contribution is 2.14. The first-order chi connectivity index (χ1) is 9.69. The van der Waals surface area contributed by atoms with Crippen molar-refractivity contribution in [3.63, 3.8) is 0 Å². The van der Waals surface area contributed by atoms with Crippen LogP contribution in [0.15, 0.2) is 35.0 Å². The van der Waals surface area contributed by atoms with Gasteiger partial charge in [0.05, 0.1) is 5.56 Å². The number of nitrogens with zero attached hydrogens (tertiary/aromatic N) is 1. The highest BCUT2D eigenvalue weighted by atomic mass is 32.1. The van der Waals surface area contributed by atoms with Gasteiger partial charge in [-0.1, -0.05) is 17.9 Å². The summed E-state index contributed by atoms with van der Waals surface area (Å²) in [5.74, 6) is 4.75. The quantitative estimate of drug-likeness (QED) is 0.875. The van der Waals surface area contributed by atoms with Crippen molar-refractivity contribution in [2.24, 2.45) is 0 Å². The van der Waals surface area contributed by atoms with E-state index in [1.807, 2.05) is 7.05 Å². The van der Waals surface area contributed by atoms with Crippen LogP contribution in [0.5, 0.6) is 0 Å². The van der Waals surface area contributed by atoms with Gasteiger partial charge in [0.15, 0.2) is 0 Å². The molecule has 1 aromatic carbocycles. The molecule has 2 rings (SSSR count). The lowest BCUT2D eigenvalue weighted by molar-refractivity contribution is 0.319. The van der Waals surface area contributed by atoms with Gasteiger partial charge in [0.1, 0.15) is 12.4 Å². The zero-order valence-electron chi connectivity index (χ0n) is 11.3. The molecule has 0 unspecified atom stereocenters. The molecule has 0 atom stereocenters. The second-order valence-corrected chi connectivity index (χ2v) is 5.36. The van der Waals surface area contributed by atoms with E-state index >= 15 is 0 Å². The first-order valence-corrected chi connectivity index (χ1v) is 7.21. The fourth-order valence-electron chi connectivity index (χ4n) is 1.96. The molecule has 0 fully saturated rings. The minimum absolute atomic E-state index is 0.262. The van der Waals surface area contributed by atoms with Crippen molar-refractivity contribution >= 4 is 11.3 Å². The molecule has 1 heterocycles. The van der Waals surface area contributed by atoms with E-state index < -0.39 is 0 Å². The maximum absolute atomic E-state index is 13.5. The summed E-state index contributed by atoms with van der Waals surface area (Å²) in [5.41, 5.74) is 2.62. The summed E-state index contributed by atoms with van der Waals surface area (Å²) in [6.45, 7) is 1.32. The van der Waals surface area contributed by atoms with Gasteiger partial charge in [-0.05, 0) is 47.1 Å². The van der Waals surface area contributed by atoms with Gasteiger partial charge < -0.3 is 5.11 Å². The number of rotatable bonds is 4. The lowest BCUT2D eigenvalue weighted by Crippen LogP contribution is -2.16. The van der Waals surface area contributed by atoms with Crippen molar-refractivity contribution in [1.82, 2.24) is 4.90 Å². The molecule has 1 aromatic heterocycles. The molecule has 0 saturated heterocycles. The normalized spacial score (nSPS) is 10.4. The average molecular weight is 289 g/mol. The van der Waals surface area contributed by atoms with Gasteiger partial charge in [0, 0.05) is 13.1 Å². The molecule has 0 bridgehead atoms. The number of hydrogen-bond donors (Lipinski definition) is 1. The Morgan fingerprint density at radius 1 is 1.25 bits per heavy atom. The summed E-state index contributed by atoms with van der Waals surface area (Å²) >= 11 is 1.68. The first-order valence-electron chi connectivity index (χ1n) is 6.27. The van der Waals surface area contributed by atoms with Crippen molar-refractivity contribution in [1.29, 1.82) is 0 Å². The lowest BCUT2D eigenvalue weighted by Gasteiger charge is -2.16. The van der Waals surface area contributed by atoms with Crippen LogP contribution in [0.2, 0.25) is 0 Å². The highest BCUT2D eigenvalue weighted by molar-refractivity contribution is 7.07. The van der Waals surface area contributed by atoms with Crippen LogP contribution in [0.3, 0.4) is 0 Å². The lowest BCUT2D eigenvalue weighted by atomic mass is 10.1. The summed E-state index contributed by atoms with van der Waals surface area (Å²) in [5, 5.41) is 12.9.